The minimum atomic E-state index is 0.443. The molecule has 0 saturated carbocycles. The average Bonchev–Trinajstić information content (AvgIpc) is 2.74. The predicted molar refractivity (Wildman–Crippen MR) is 69.3 cm³/mol. The van der Waals surface area contributed by atoms with Crippen molar-refractivity contribution in [2.24, 2.45) is 7.05 Å². The molecule has 0 spiro atoms. The highest BCUT2D eigenvalue weighted by Gasteiger charge is 2.10. The Morgan fingerprint density at radius 2 is 2.00 bits per heavy atom. The summed E-state index contributed by atoms with van der Waals surface area (Å²) in [6.07, 6.45) is 1.81. The van der Waals surface area contributed by atoms with Gasteiger partial charge in [0.2, 0.25) is 0 Å². The average molecular weight is 230 g/mol. The molecule has 0 radical (unpaired) electrons. The molecule has 17 heavy (non-hydrogen) atoms. The molecule has 0 atom stereocenters. The predicted octanol–water partition coefficient (Wildman–Crippen LogP) is 3.22. The monoisotopic (exact) mass is 230 g/mol. The van der Waals surface area contributed by atoms with Gasteiger partial charge >= 0.3 is 0 Å². The van der Waals surface area contributed by atoms with Crippen molar-refractivity contribution in [1.29, 1.82) is 0 Å². The Hall–Kier alpha value is -1.77. The van der Waals surface area contributed by atoms with Crippen molar-refractivity contribution in [2.45, 2.75) is 19.8 Å². The first kappa shape index (κ1) is 11.7. The van der Waals surface area contributed by atoms with E-state index < -0.39 is 0 Å². The molecule has 2 aromatic rings. The Labute approximate surface area is 102 Å². The molecule has 0 amide bonds. The number of rotatable bonds is 3. The summed E-state index contributed by atoms with van der Waals surface area (Å²) >= 11 is 0. The lowest BCUT2D eigenvalue weighted by atomic mass is 9.98. The van der Waals surface area contributed by atoms with Crippen molar-refractivity contribution in [2.75, 3.05) is 7.11 Å². The molecular weight excluding hydrogens is 212 g/mol. The summed E-state index contributed by atoms with van der Waals surface area (Å²) < 4.78 is 7.27. The topological polar surface area (TPSA) is 27.1 Å². The van der Waals surface area contributed by atoms with Gasteiger partial charge in [0.1, 0.15) is 5.75 Å². The van der Waals surface area contributed by atoms with Gasteiger partial charge in [-0.05, 0) is 35.7 Å². The van der Waals surface area contributed by atoms with E-state index in [1.807, 2.05) is 30.1 Å². The molecule has 0 aliphatic rings. The number of hydrogen-bond acceptors (Lipinski definition) is 2. The van der Waals surface area contributed by atoms with E-state index in [1.165, 1.54) is 11.1 Å². The molecule has 0 bridgehead atoms. The Kier molecular flexibility index (Phi) is 3.18. The molecule has 0 unspecified atom stereocenters. The van der Waals surface area contributed by atoms with Crippen LogP contribution >= 0.6 is 0 Å². The molecule has 0 aliphatic heterocycles. The van der Waals surface area contributed by atoms with Crippen molar-refractivity contribution in [1.82, 2.24) is 9.78 Å². The SMILES string of the molecule is COc1ccc(-c2ccnn2C)cc1C(C)C. The van der Waals surface area contributed by atoms with Gasteiger partial charge in [0.05, 0.1) is 12.8 Å². The highest BCUT2D eigenvalue weighted by atomic mass is 16.5. The van der Waals surface area contributed by atoms with Crippen molar-refractivity contribution in [3.05, 3.63) is 36.0 Å². The Morgan fingerprint density at radius 1 is 1.24 bits per heavy atom. The highest BCUT2D eigenvalue weighted by molar-refractivity contribution is 5.62. The van der Waals surface area contributed by atoms with Gasteiger partial charge in [-0.25, -0.2) is 0 Å². The van der Waals surface area contributed by atoms with Crippen LogP contribution < -0.4 is 4.74 Å². The van der Waals surface area contributed by atoms with Gasteiger partial charge in [-0.3, -0.25) is 4.68 Å². The maximum atomic E-state index is 5.39. The fourth-order valence-corrected chi connectivity index (χ4v) is 2.00. The molecule has 1 aromatic heterocycles. The van der Waals surface area contributed by atoms with Crippen LogP contribution in [0.15, 0.2) is 30.5 Å². The third kappa shape index (κ3) is 2.18. The first-order valence-electron chi connectivity index (χ1n) is 5.79. The molecule has 0 fully saturated rings. The van der Waals surface area contributed by atoms with Gasteiger partial charge in [0, 0.05) is 18.8 Å². The molecule has 1 aromatic carbocycles. The minimum absolute atomic E-state index is 0.443. The van der Waals surface area contributed by atoms with Gasteiger partial charge < -0.3 is 4.74 Å². The molecule has 0 aliphatic carbocycles. The Morgan fingerprint density at radius 3 is 2.53 bits per heavy atom. The van der Waals surface area contributed by atoms with Crippen molar-refractivity contribution >= 4 is 0 Å². The second kappa shape index (κ2) is 4.62. The van der Waals surface area contributed by atoms with Crippen LogP contribution in [0.2, 0.25) is 0 Å². The van der Waals surface area contributed by atoms with Crippen LogP contribution in [0.1, 0.15) is 25.3 Å². The molecule has 3 heteroatoms. The fraction of sp³-hybridized carbons (Fsp3) is 0.357. The van der Waals surface area contributed by atoms with E-state index in [0.717, 1.165) is 11.4 Å². The number of benzene rings is 1. The largest absolute Gasteiger partial charge is 0.496 e. The zero-order valence-electron chi connectivity index (χ0n) is 10.8. The summed E-state index contributed by atoms with van der Waals surface area (Å²) in [5.74, 6) is 1.39. The van der Waals surface area contributed by atoms with E-state index in [0.29, 0.717) is 5.92 Å². The third-order valence-electron chi connectivity index (χ3n) is 2.97. The Balaban J connectivity index is 2.51. The molecular formula is C14H18N2O. The quantitative estimate of drug-likeness (QED) is 0.809. The summed E-state index contributed by atoms with van der Waals surface area (Å²) in [5, 5.41) is 4.20. The van der Waals surface area contributed by atoms with Gasteiger partial charge in [0.15, 0.2) is 0 Å². The second-order valence-electron chi connectivity index (χ2n) is 4.45. The molecule has 0 N–H and O–H groups in total. The number of hydrogen-bond donors (Lipinski definition) is 0. The van der Waals surface area contributed by atoms with E-state index in [-0.39, 0.29) is 0 Å². The lowest BCUT2D eigenvalue weighted by molar-refractivity contribution is 0.407. The second-order valence-corrected chi connectivity index (χ2v) is 4.45. The van der Waals surface area contributed by atoms with Crippen LogP contribution in [0.25, 0.3) is 11.3 Å². The van der Waals surface area contributed by atoms with Crippen LogP contribution in [0.3, 0.4) is 0 Å². The fourth-order valence-electron chi connectivity index (χ4n) is 2.00. The summed E-state index contributed by atoms with van der Waals surface area (Å²) in [5.41, 5.74) is 3.52. The molecule has 90 valence electrons. The van der Waals surface area contributed by atoms with Gasteiger partial charge in [0.25, 0.3) is 0 Å². The number of aryl methyl sites for hydroxylation is 1. The van der Waals surface area contributed by atoms with Crippen molar-refractivity contribution < 1.29 is 4.74 Å². The smallest absolute Gasteiger partial charge is 0.122 e. The first-order valence-corrected chi connectivity index (χ1v) is 5.79. The number of methoxy groups -OCH3 is 1. The standard InChI is InChI=1S/C14H18N2O/c1-10(2)12-9-11(5-6-14(12)17-4)13-7-8-15-16(13)3/h5-10H,1-4H3. The summed E-state index contributed by atoms with van der Waals surface area (Å²) in [4.78, 5) is 0. The van der Waals surface area contributed by atoms with Gasteiger partial charge in [-0.1, -0.05) is 13.8 Å². The molecule has 3 nitrogen and oxygen atoms in total. The normalized spacial score (nSPS) is 10.9. The summed E-state index contributed by atoms with van der Waals surface area (Å²) in [6.45, 7) is 4.34. The first-order chi connectivity index (χ1) is 8.13. The lowest BCUT2D eigenvalue weighted by Gasteiger charge is -2.13. The van der Waals surface area contributed by atoms with Crippen LogP contribution in [0, 0.1) is 0 Å². The van der Waals surface area contributed by atoms with Crippen LogP contribution in [0.4, 0.5) is 0 Å². The zero-order chi connectivity index (χ0) is 12.4. The highest BCUT2D eigenvalue weighted by Crippen LogP contribution is 2.31. The lowest BCUT2D eigenvalue weighted by Crippen LogP contribution is -1.97. The number of aromatic nitrogens is 2. The molecule has 2 rings (SSSR count). The van der Waals surface area contributed by atoms with Gasteiger partial charge in [-0.2, -0.15) is 5.10 Å². The Bertz CT molecular complexity index is 515. The van der Waals surface area contributed by atoms with Crippen LogP contribution in [-0.4, -0.2) is 16.9 Å². The van der Waals surface area contributed by atoms with E-state index in [1.54, 1.807) is 7.11 Å². The summed E-state index contributed by atoms with van der Waals surface area (Å²) in [6, 6.07) is 8.30. The number of nitrogens with zero attached hydrogens (tertiary/aromatic N) is 2. The molecule has 1 heterocycles. The summed E-state index contributed by atoms with van der Waals surface area (Å²) in [7, 11) is 3.67. The zero-order valence-corrected chi connectivity index (χ0v) is 10.8. The van der Waals surface area contributed by atoms with E-state index in [9.17, 15) is 0 Å². The molecule has 0 saturated heterocycles. The van der Waals surface area contributed by atoms with E-state index >= 15 is 0 Å². The minimum Gasteiger partial charge on any atom is -0.496 e. The third-order valence-corrected chi connectivity index (χ3v) is 2.97. The van der Waals surface area contributed by atoms with Crippen LogP contribution in [-0.2, 0) is 7.05 Å². The van der Waals surface area contributed by atoms with Gasteiger partial charge in [-0.15, -0.1) is 0 Å². The van der Waals surface area contributed by atoms with Crippen molar-refractivity contribution in [3.8, 4) is 17.0 Å². The van der Waals surface area contributed by atoms with Crippen molar-refractivity contribution in [3.63, 3.8) is 0 Å². The van der Waals surface area contributed by atoms with E-state index in [4.69, 9.17) is 4.74 Å². The van der Waals surface area contributed by atoms with Crippen LogP contribution in [0.5, 0.6) is 5.75 Å². The van der Waals surface area contributed by atoms with E-state index in [2.05, 4.69) is 31.1 Å². The number of ether oxygens (including phenoxy) is 1. The maximum absolute atomic E-state index is 5.39. The maximum Gasteiger partial charge on any atom is 0.122 e.